The van der Waals surface area contributed by atoms with E-state index in [1.165, 1.54) is 11.5 Å². The van der Waals surface area contributed by atoms with Gasteiger partial charge in [0.1, 0.15) is 0 Å². The van der Waals surface area contributed by atoms with Crippen molar-refractivity contribution in [3.63, 3.8) is 0 Å². The molecule has 0 radical (unpaired) electrons. The maximum atomic E-state index is 12.2. The van der Waals surface area contributed by atoms with Gasteiger partial charge in [-0.05, 0) is 30.3 Å². The normalized spacial score (nSPS) is 16.2. The molecule has 0 atom stereocenters. The fourth-order valence-corrected chi connectivity index (χ4v) is 3.28. The zero-order valence-corrected chi connectivity index (χ0v) is 11.9. The molecule has 102 valence electrons. The predicted molar refractivity (Wildman–Crippen MR) is 73.4 cm³/mol. The van der Waals surface area contributed by atoms with Crippen LogP contribution in [-0.2, 0) is 9.53 Å². The largest absolute Gasteiger partial charge is 0.383 e. The zero-order valence-electron chi connectivity index (χ0n) is 11.1. The predicted octanol–water partition coefficient (Wildman–Crippen LogP) is 1.91. The second-order valence-electron chi connectivity index (χ2n) is 4.54. The molecule has 1 aliphatic heterocycles. The number of nitrogens with zero attached hydrogens (tertiary/aromatic N) is 2. The molecule has 0 aromatic heterocycles. The number of rotatable bonds is 7. The molecule has 0 spiro atoms. The number of hydrogen-bond acceptors (Lipinski definition) is 4. The van der Waals surface area contributed by atoms with Crippen molar-refractivity contribution in [2.75, 3.05) is 38.3 Å². The molecule has 4 nitrogen and oxygen atoms in total. The van der Waals surface area contributed by atoms with Crippen LogP contribution in [0.25, 0.3) is 0 Å². The van der Waals surface area contributed by atoms with Gasteiger partial charge in [-0.25, -0.2) is 0 Å². The monoisotopic (exact) mass is 270 g/mol. The maximum absolute atomic E-state index is 12.2. The Hall–Kier alpha value is -0.730. The molecule has 18 heavy (non-hydrogen) atoms. The van der Waals surface area contributed by atoms with E-state index in [4.69, 9.17) is 10.00 Å². The summed E-state index contributed by atoms with van der Waals surface area (Å²) in [6.07, 6.45) is 3.32. The molecule has 0 aliphatic carbocycles. The van der Waals surface area contributed by atoms with Gasteiger partial charge in [-0.2, -0.15) is 17.0 Å². The lowest BCUT2D eigenvalue weighted by molar-refractivity contribution is -0.132. The minimum absolute atomic E-state index is 0.180. The summed E-state index contributed by atoms with van der Waals surface area (Å²) in [6.45, 7) is 1.66. The highest BCUT2D eigenvalue weighted by Crippen LogP contribution is 2.25. The van der Waals surface area contributed by atoms with Gasteiger partial charge in [0, 0.05) is 26.6 Å². The standard InChI is InChI=1S/C13H22N2O2S/c1-17-8-7-15(6-2-5-14)13(16)11-12-3-9-18-10-4-12/h12H,2-4,6-11H2,1H3. The molecule has 0 aromatic rings. The van der Waals surface area contributed by atoms with E-state index in [0.29, 0.717) is 38.5 Å². The van der Waals surface area contributed by atoms with Crippen molar-refractivity contribution >= 4 is 17.7 Å². The Bertz CT molecular complexity index is 285. The summed E-state index contributed by atoms with van der Waals surface area (Å²) >= 11 is 1.97. The molecule has 1 aliphatic rings. The third kappa shape index (κ3) is 5.74. The summed E-state index contributed by atoms with van der Waals surface area (Å²) in [5.74, 6) is 3.06. The van der Waals surface area contributed by atoms with Crippen LogP contribution in [0.5, 0.6) is 0 Å². The van der Waals surface area contributed by atoms with Gasteiger partial charge in [-0.15, -0.1) is 0 Å². The van der Waals surface area contributed by atoms with Gasteiger partial charge >= 0.3 is 0 Å². The fourth-order valence-electron chi connectivity index (χ4n) is 2.07. The molecular weight excluding hydrogens is 248 g/mol. The molecule has 0 bridgehead atoms. The average molecular weight is 270 g/mol. The molecule has 0 N–H and O–H groups in total. The first kappa shape index (κ1) is 15.3. The van der Waals surface area contributed by atoms with Crippen LogP contribution in [-0.4, -0.2) is 49.1 Å². The smallest absolute Gasteiger partial charge is 0.222 e. The molecule has 1 saturated heterocycles. The lowest BCUT2D eigenvalue weighted by Gasteiger charge is -2.26. The van der Waals surface area contributed by atoms with Crippen LogP contribution in [0.3, 0.4) is 0 Å². The zero-order chi connectivity index (χ0) is 13.2. The second kappa shape index (κ2) is 9.23. The van der Waals surface area contributed by atoms with E-state index in [0.717, 1.165) is 12.8 Å². The Morgan fingerprint density at radius 1 is 1.44 bits per heavy atom. The van der Waals surface area contributed by atoms with E-state index in [9.17, 15) is 4.79 Å². The van der Waals surface area contributed by atoms with Crippen LogP contribution in [0.1, 0.15) is 25.7 Å². The summed E-state index contributed by atoms with van der Waals surface area (Å²) in [7, 11) is 1.63. The van der Waals surface area contributed by atoms with Crippen molar-refractivity contribution in [1.29, 1.82) is 5.26 Å². The van der Waals surface area contributed by atoms with E-state index in [1.807, 2.05) is 11.8 Å². The lowest BCUT2D eigenvalue weighted by atomic mass is 9.98. The summed E-state index contributed by atoms with van der Waals surface area (Å²) in [5.41, 5.74) is 0. The fraction of sp³-hybridized carbons (Fsp3) is 0.846. The number of nitriles is 1. The van der Waals surface area contributed by atoms with Gasteiger partial charge in [0.15, 0.2) is 0 Å². The van der Waals surface area contributed by atoms with Crippen molar-refractivity contribution in [2.24, 2.45) is 5.92 Å². The van der Waals surface area contributed by atoms with Crippen molar-refractivity contribution in [3.05, 3.63) is 0 Å². The van der Waals surface area contributed by atoms with Gasteiger partial charge in [-0.3, -0.25) is 4.79 Å². The summed E-state index contributed by atoms with van der Waals surface area (Å²) in [5, 5.41) is 8.62. The van der Waals surface area contributed by atoms with Crippen molar-refractivity contribution in [1.82, 2.24) is 4.90 Å². The number of carbonyl (C=O) groups is 1. The highest BCUT2D eigenvalue weighted by atomic mass is 32.2. The molecule has 5 heteroatoms. The second-order valence-corrected chi connectivity index (χ2v) is 5.77. The van der Waals surface area contributed by atoms with Gasteiger partial charge in [0.2, 0.25) is 5.91 Å². The Kier molecular flexibility index (Phi) is 7.86. The third-order valence-electron chi connectivity index (χ3n) is 3.22. The van der Waals surface area contributed by atoms with E-state index in [-0.39, 0.29) is 5.91 Å². The van der Waals surface area contributed by atoms with Crippen LogP contribution >= 0.6 is 11.8 Å². The Labute approximate surface area is 114 Å². The number of methoxy groups -OCH3 is 1. The minimum atomic E-state index is 0.180. The summed E-state index contributed by atoms with van der Waals surface area (Å²) in [6, 6.07) is 2.10. The first-order valence-corrected chi connectivity index (χ1v) is 7.64. The van der Waals surface area contributed by atoms with Gasteiger partial charge in [-0.1, -0.05) is 0 Å². The number of carbonyl (C=O) groups excluding carboxylic acids is 1. The van der Waals surface area contributed by atoms with Gasteiger partial charge in [0.05, 0.1) is 19.1 Å². The molecule has 1 amide bonds. The molecule has 0 aromatic carbocycles. The highest BCUT2D eigenvalue weighted by Gasteiger charge is 2.20. The minimum Gasteiger partial charge on any atom is -0.383 e. The van der Waals surface area contributed by atoms with Gasteiger partial charge < -0.3 is 9.64 Å². The van der Waals surface area contributed by atoms with Crippen LogP contribution in [0.2, 0.25) is 0 Å². The molecule has 1 heterocycles. The number of hydrogen-bond donors (Lipinski definition) is 0. The number of thioether (sulfide) groups is 1. The topological polar surface area (TPSA) is 53.3 Å². The number of amides is 1. The van der Waals surface area contributed by atoms with Crippen molar-refractivity contribution in [3.8, 4) is 6.07 Å². The van der Waals surface area contributed by atoms with Gasteiger partial charge in [0.25, 0.3) is 0 Å². The van der Waals surface area contributed by atoms with E-state index < -0.39 is 0 Å². The highest BCUT2D eigenvalue weighted by molar-refractivity contribution is 7.99. The summed E-state index contributed by atoms with van der Waals surface area (Å²) < 4.78 is 5.01. The Balaban J connectivity index is 2.38. The maximum Gasteiger partial charge on any atom is 0.222 e. The van der Waals surface area contributed by atoms with E-state index >= 15 is 0 Å². The van der Waals surface area contributed by atoms with Crippen molar-refractivity contribution in [2.45, 2.75) is 25.7 Å². The first-order valence-electron chi connectivity index (χ1n) is 6.49. The molecule has 1 rings (SSSR count). The third-order valence-corrected chi connectivity index (χ3v) is 4.26. The van der Waals surface area contributed by atoms with Crippen LogP contribution in [0.15, 0.2) is 0 Å². The molecule has 0 unspecified atom stereocenters. The number of ether oxygens (including phenoxy) is 1. The van der Waals surface area contributed by atoms with Crippen LogP contribution < -0.4 is 0 Å². The van der Waals surface area contributed by atoms with E-state index in [1.54, 1.807) is 12.0 Å². The van der Waals surface area contributed by atoms with Crippen molar-refractivity contribution < 1.29 is 9.53 Å². The Morgan fingerprint density at radius 3 is 2.78 bits per heavy atom. The van der Waals surface area contributed by atoms with E-state index in [2.05, 4.69) is 6.07 Å². The van der Waals surface area contributed by atoms with Crippen LogP contribution in [0.4, 0.5) is 0 Å². The molecular formula is C13H22N2O2S. The molecule has 1 fully saturated rings. The lowest BCUT2D eigenvalue weighted by Crippen LogP contribution is -2.36. The average Bonchev–Trinajstić information content (AvgIpc) is 2.40. The van der Waals surface area contributed by atoms with Crippen LogP contribution in [0, 0.1) is 17.2 Å². The first-order chi connectivity index (χ1) is 8.77. The SMILES string of the molecule is COCCN(CCC#N)C(=O)CC1CCSCC1. The molecule has 0 saturated carbocycles. The summed E-state index contributed by atoms with van der Waals surface area (Å²) in [4.78, 5) is 13.9. The Morgan fingerprint density at radius 2 is 2.17 bits per heavy atom. The quantitative estimate of drug-likeness (QED) is 0.709.